The predicted octanol–water partition coefficient (Wildman–Crippen LogP) is 2.45. The van der Waals surface area contributed by atoms with Crippen LogP contribution in [-0.4, -0.2) is 81.5 Å². The molecule has 158 valence electrons. The van der Waals surface area contributed by atoms with Crippen LogP contribution in [0, 0.1) is 5.92 Å². The lowest BCUT2D eigenvalue weighted by atomic mass is 10.1. The summed E-state index contributed by atoms with van der Waals surface area (Å²) in [5, 5.41) is 5.71. The molecule has 3 rings (SSSR count). The van der Waals surface area contributed by atoms with Gasteiger partial charge in [-0.2, -0.15) is 0 Å². The molecule has 3 heterocycles. The van der Waals surface area contributed by atoms with Crippen LogP contribution in [0.5, 0.6) is 0 Å². The molecule has 2 unspecified atom stereocenters. The number of aliphatic imine (C=N–C) groups is 1. The van der Waals surface area contributed by atoms with Crippen LogP contribution < -0.4 is 5.32 Å². The van der Waals surface area contributed by atoms with Gasteiger partial charge < -0.3 is 19.7 Å². The van der Waals surface area contributed by atoms with Crippen LogP contribution in [0.3, 0.4) is 0 Å². The molecule has 0 radical (unpaired) electrons. The third-order valence-electron chi connectivity index (χ3n) is 5.67. The molecule has 0 bridgehead atoms. The maximum absolute atomic E-state index is 5.73. The summed E-state index contributed by atoms with van der Waals surface area (Å²) < 4.78 is 10.8. The van der Waals surface area contributed by atoms with Crippen LogP contribution in [0.1, 0.15) is 30.7 Å². The normalized spacial score (nSPS) is 21.8. The average molecular weight is 409 g/mol. The zero-order valence-corrected chi connectivity index (χ0v) is 18.5. The van der Waals surface area contributed by atoms with Gasteiger partial charge in [-0.15, -0.1) is 11.3 Å². The highest BCUT2D eigenvalue weighted by Gasteiger charge is 2.26. The summed E-state index contributed by atoms with van der Waals surface area (Å²) in [5.41, 5.74) is 1.51. The number of hydrogen-bond acceptors (Lipinski definition) is 5. The number of hydrogen-bond donors (Lipinski definition) is 1. The van der Waals surface area contributed by atoms with E-state index in [1.807, 2.05) is 11.3 Å². The van der Waals surface area contributed by atoms with Crippen LogP contribution in [-0.2, 0) is 22.4 Å². The lowest BCUT2D eigenvalue weighted by molar-refractivity contribution is 0.0536. The van der Waals surface area contributed by atoms with Crippen LogP contribution >= 0.6 is 11.3 Å². The Morgan fingerprint density at radius 3 is 3.11 bits per heavy atom. The number of methoxy groups -OCH3 is 1. The van der Waals surface area contributed by atoms with Crippen molar-refractivity contribution in [3.63, 3.8) is 0 Å². The van der Waals surface area contributed by atoms with Gasteiger partial charge in [0, 0.05) is 56.7 Å². The maximum atomic E-state index is 5.73. The lowest BCUT2D eigenvalue weighted by Gasteiger charge is -2.32. The van der Waals surface area contributed by atoms with E-state index in [0.717, 1.165) is 51.8 Å². The molecule has 0 aliphatic carbocycles. The van der Waals surface area contributed by atoms with Gasteiger partial charge in [0.15, 0.2) is 5.96 Å². The van der Waals surface area contributed by atoms with E-state index in [1.54, 1.807) is 12.0 Å². The highest BCUT2D eigenvalue weighted by Crippen LogP contribution is 2.25. The Bertz CT molecular complexity index is 621. The number of likely N-dealkylation sites (tertiary alicyclic amines) is 1. The van der Waals surface area contributed by atoms with Crippen molar-refractivity contribution in [3.05, 3.63) is 21.9 Å². The second-order valence-corrected chi connectivity index (χ2v) is 8.80. The molecular weight excluding hydrogens is 372 g/mol. The first kappa shape index (κ1) is 21.6. The largest absolute Gasteiger partial charge is 0.382 e. The molecule has 0 saturated carbocycles. The van der Waals surface area contributed by atoms with E-state index in [0.29, 0.717) is 25.2 Å². The van der Waals surface area contributed by atoms with E-state index in [2.05, 4.69) is 40.4 Å². The van der Waals surface area contributed by atoms with E-state index in [-0.39, 0.29) is 0 Å². The zero-order chi connectivity index (χ0) is 19.8. The molecule has 2 aliphatic rings. The van der Waals surface area contributed by atoms with Gasteiger partial charge in [0.05, 0.1) is 26.4 Å². The van der Waals surface area contributed by atoms with Crippen molar-refractivity contribution in [3.8, 4) is 0 Å². The van der Waals surface area contributed by atoms with Gasteiger partial charge in [-0.25, -0.2) is 0 Å². The van der Waals surface area contributed by atoms with E-state index in [9.17, 15) is 0 Å². The smallest absolute Gasteiger partial charge is 0.193 e. The summed E-state index contributed by atoms with van der Waals surface area (Å²) in [6.45, 7) is 12.6. The Kier molecular flexibility index (Phi) is 8.58. The van der Waals surface area contributed by atoms with Crippen molar-refractivity contribution in [2.45, 2.75) is 39.3 Å². The van der Waals surface area contributed by atoms with Crippen molar-refractivity contribution in [2.75, 3.05) is 59.7 Å². The van der Waals surface area contributed by atoms with Gasteiger partial charge in [0.25, 0.3) is 0 Å². The second kappa shape index (κ2) is 11.1. The first-order valence-corrected chi connectivity index (χ1v) is 11.5. The van der Waals surface area contributed by atoms with Gasteiger partial charge in [0.2, 0.25) is 0 Å². The monoisotopic (exact) mass is 408 g/mol. The summed E-state index contributed by atoms with van der Waals surface area (Å²) >= 11 is 1.90. The molecule has 0 amide bonds. The van der Waals surface area contributed by atoms with Crippen molar-refractivity contribution < 1.29 is 9.47 Å². The Morgan fingerprint density at radius 2 is 2.29 bits per heavy atom. The minimum absolute atomic E-state index is 0.456. The highest BCUT2D eigenvalue weighted by atomic mass is 32.1. The number of thiophene rings is 1. The molecule has 1 saturated heterocycles. The topological polar surface area (TPSA) is 49.3 Å². The quantitative estimate of drug-likeness (QED) is 0.386. The standard InChI is InChI=1S/C21H36N4O2S/c1-4-22-21(25-8-5-18(14-25)16-27-11-10-26-3)23-13-17(2)24-9-6-20-19(15-24)7-12-28-20/h7,12,17-18H,4-6,8-11,13-16H2,1-3H3,(H,22,23). The predicted molar refractivity (Wildman–Crippen MR) is 116 cm³/mol. The van der Waals surface area contributed by atoms with Crippen LogP contribution in [0.15, 0.2) is 16.4 Å². The van der Waals surface area contributed by atoms with Crippen molar-refractivity contribution >= 4 is 17.3 Å². The molecule has 0 aromatic carbocycles. The van der Waals surface area contributed by atoms with Gasteiger partial charge in [0.1, 0.15) is 0 Å². The van der Waals surface area contributed by atoms with Crippen LogP contribution in [0.25, 0.3) is 0 Å². The van der Waals surface area contributed by atoms with Crippen LogP contribution in [0.4, 0.5) is 0 Å². The number of ether oxygens (including phenoxy) is 2. The molecule has 1 N–H and O–H groups in total. The minimum atomic E-state index is 0.456. The van der Waals surface area contributed by atoms with E-state index in [4.69, 9.17) is 14.5 Å². The number of guanidine groups is 1. The molecule has 2 atom stereocenters. The van der Waals surface area contributed by atoms with Crippen molar-refractivity contribution in [1.82, 2.24) is 15.1 Å². The summed E-state index contributed by atoms with van der Waals surface area (Å²) in [5.74, 6) is 1.64. The van der Waals surface area contributed by atoms with Crippen LogP contribution in [0.2, 0.25) is 0 Å². The SMILES string of the molecule is CCNC(=NCC(C)N1CCc2sccc2C1)N1CCC(COCCOC)C1. The second-order valence-electron chi connectivity index (χ2n) is 7.80. The summed E-state index contributed by atoms with van der Waals surface area (Å²) in [7, 11) is 1.71. The molecular formula is C21H36N4O2S. The molecule has 1 aromatic heterocycles. The fourth-order valence-electron chi connectivity index (χ4n) is 3.96. The molecule has 1 fully saturated rings. The zero-order valence-electron chi connectivity index (χ0n) is 17.7. The summed E-state index contributed by atoms with van der Waals surface area (Å²) in [6.07, 6.45) is 2.35. The summed E-state index contributed by atoms with van der Waals surface area (Å²) in [6, 6.07) is 2.74. The Labute approximate surface area is 173 Å². The Hall–Kier alpha value is -1.15. The molecule has 7 heteroatoms. The van der Waals surface area contributed by atoms with E-state index >= 15 is 0 Å². The highest BCUT2D eigenvalue weighted by molar-refractivity contribution is 7.10. The Balaban J connectivity index is 1.49. The van der Waals surface area contributed by atoms with Crippen molar-refractivity contribution in [2.24, 2.45) is 10.9 Å². The van der Waals surface area contributed by atoms with E-state index in [1.165, 1.54) is 18.4 Å². The van der Waals surface area contributed by atoms with Gasteiger partial charge in [-0.05, 0) is 43.7 Å². The first-order valence-electron chi connectivity index (χ1n) is 10.6. The van der Waals surface area contributed by atoms with Crippen molar-refractivity contribution in [1.29, 1.82) is 0 Å². The van der Waals surface area contributed by atoms with Gasteiger partial charge >= 0.3 is 0 Å². The number of fused-ring (bicyclic) bond motifs is 1. The number of rotatable bonds is 9. The van der Waals surface area contributed by atoms with Gasteiger partial charge in [-0.3, -0.25) is 9.89 Å². The third-order valence-corrected chi connectivity index (χ3v) is 6.69. The molecule has 6 nitrogen and oxygen atoms in total. The third kappa shape index (κ3) is 5.92. The molecule has 28 heavy (non-hydrogen) atoms. The molecule has 0 spiro atoms. The summed E-state index contributed by atoms with van der Waals surface area (Å²) in [4.78, 5) is 11.5. The van der Waals surface area contributed by atoms with E-state index < -0.39 is 0 Å². The lowest BCUT2D eigenvalue weighted by Crippen LogP contribution is -2.42. The number of nitrogens with zero attached hydrogens (tertiary/aromatic N) is 3. The fourth-order valence-corrected chi connectivity index (χ4v) is 4.85. The fraction of sp³-hybridized carbons (Fsp3) is 0.762. The Morgan fingerprint density at radius 1 is 1.39 bits per heavy atom. The van der Waals surface area contributed by atoms with Gasteiger partial charge in [-0.1, -0.05) is 0 Å². The maximum Gasteiger partial charge on any atom is 0.193 e. The first-order chi connectivity index (χ1) is 13.7. The molecule has 2 aliphatic heterocycles. The number of nitrogens with one attached hydrogen (secondary N) is 1. The average Bonchev–Trinajstić information content (AvgIpc) is 3.37. The molecule has 1 aromatic rings. The minimum Gasteiger partial charge on any atom is -0.382 e.